The van der Waals surface area contributed by atoms with Crippen LogP contribution in [0.1, 0.15) is 26.3 Å². The molecule has 0 aliphatic carbocycles. The quantitative estimate of drug-likeness (QED) is 0.766. The number of amides is 1. The van der Waals surface area contributed by atoms with Gasteiger partial charge in [0.25, 0.3) is 0 Å². The Morgan fingerprint density at radius 2 is 1.72 bits per heavy atom. The van der Waals surface area contributed by atoms with Crippen molar-refractivity contribution in [1.82, 2.24) is 0 Å². The average molecular weight is 263 g/mol. The van der Waals surface area contributed by atoms with Crippen molar-refractivity contribution in [1.29, 1.82) is 0 Å². The molecule has 1 aromatic rings. The topological polar surface area (TPSA) is 29.1 Å². The molecule has 6 heteroatoms. The highest BCUT2D eigenvalue weighted by atomic mass is 19.4. The molecule has 1 rings (SSSR count). The molecule has 1 amide bonds. The lowest BCUT2D eigenvalue weighted by Crippen LogP contribution is -2.28. The Bertz CT molecular complexity index is 460. The first-order valence-electron chi connectivity index (χ1n) is 5.20. The van der Waals surface area contributed by atoms with Crippen molar-refractivity contribution in [2.45, 2.75) is 26.9 Å². The molecule has 0 bridgehead atoms. The zero-order valence-electron chi connectivity index (χ0n) is 10.2. The van der Waals surface area contributed by atoms with Crippen LogP contribution in [0.25, 0.3) is 0 Å². The zero-order valence-corrected chi connectivity index (χ0v) is 10.2. The molecule has 1 aromatic carbocycles. The summed E-state index contributed by atoms with van der Waals surface area (Å²) in [4.78, 5) is 11.6. The van der Waals surface area contributed by atoms with Gasteiger partial charge in [-0.2, -0.15) is 13.2 Å². The molecule has 0 fully saturated rings. The predicted octanol–water partition coefficient (Wildman–Crippen LogP) is 3.83. The molecule has 1 N–H and O–H groups in total. The molecule has 0 spiro atoms. The minimum absolute atomic E-state index is 0.468. The van der Waals surface area contributed by atoms with Gasteiger partial charge in [0.05, 0.1) is 11.3 Å². The minimum Gasteiger partial charge on any atom is -0.323 e. The second kappa shape index (κ2) is 4.59. The molecule has 0 atom stereocenters. The summed E-state index contributed by atoms with van der Waals surface area (Å²) in [7, 11) is 0. The smallest absolute Gasteiger partial charge is 0.323 e. The third-order valence-electron chi connectivity index (χ3n) is 2.22. The van der Waals surface area contributed by atoms with Gasteiger partial charge in [0, 0.05) is 5.41 Å². The van der Waals surface area contributed by atoms with Crippen molar-refractivity contribution in [2.24, 2.45) is 5.41 Å². The molecular formula is C12H13F4NO. The first kappa shape index (κ1) is 14.5. The standard InChI is InChI=1S/C12H13F4NO/c1-11(2,3)10(18)17-9-6-7(12(14,15)16)4-5-8(9)13/h4-6H,1-3H3,(H,17,18). The summed E-state index contributed by atoms with van der Waals surface area (Å²) in [5.74, 6) is -1.46. The number of carbonyl (C=O) groups excluding carboxylic acids is 1. The lowest BCUT2D eigenvalue weighted by atomic mass is 9.95. The second-order valence-electron chi connectivity index (χ2n) is 4.90. The number of carbonyl (C=O) groups is 1. The third kappa shape index (κ3) is 3.45. The Morgan fingerprint density at radius 1 is 1.17 bits per heavy atom. The molecule has 0 aliphatic rings. The van der Waals surface area contributed by atoms with E-state index in [1.54, 1.807) is 20.8 Å². The molecule has 0 saturated heterocycles. The largest absolute Gasteiger partial charge is 0.416 e. The lowest BCUT2D eigenvalue weighted by Gasteiger charge is -2.18. The SMILES string of the molecule is CC(C)(C)C(=O)Nc1cc(C(F)(F)F)ccc1F. The highest BCUT2D eigenvalue weighted by molar-refractivity contribution is 5.94. The van der Waals surface area contributed by atoms with Gasteiger partial charge >= 0.3 is 6.18 Å². The van der Waals surface area contributed by atoms with Crippen LogP contribution < -0.4 is 5.32 Å². The van der Waals surface area contributed by atoms with E-state index in [4.69, 9.17) is 0 Å². The van der Waals surface area contributed by atoms with Gasteiger partial charge in [0.15, 0.2) is 0 Å². The lowest BCUT2D eigenvalue weighted by molar-refractivity contribution is -0.137. The van der Waals surface area contributed by atoms with Crippen molar-refractivity contribution in [3.63, 3.8) is 0 Å². The maximum Gasteiger partial charge on any atom is 0.416 e. The molecule has 100 valence electrons. The Morgan fingerprint density at radius 3 is 2.17 bits per heavy atom. The number of benzene rings is 1. The van der Waals surface area contributed by atoms with Crippen molar-refractivity contribution >= 4 is 11.6 Å². The third-order valence-corrected chi connectivity index (χ3v) is 2.22. The number of alkyl halides is 3. The highest BCUT2D eigenvalue weighted by Crippen LogP contribution is 2.32. The summed E-state index contributed by atoms with van der Waals surface area (Å²) in [5, 5.41) is 2.15. The Balaban J connectivity index is 3.06. The number of halogens is 4. The summed E-state index contributed by atoms with van der Waals surface area (Å²) < 4.78 is 50.6. The molecule has 0 heterocycles. The summed E-state index contributed by atoms with van der Waals surface area (Å²) in [6.45, 7) is 4.73. The van der Waals surface area contributed by atoms with Crippen LogP contribution in [0, 0.1) is 11.2 Å². The van der Waals surface area contributed by atoms with Gasteiger partial charge in [-0.25, -0.2) is 4.39 Å². The summed E-state index contributed by atoms with van der Waals surface area (Å²) in [6, 6.07) is 1.89. The van der Waals surface area contributed by atoms with Crippen LogP contribution in [0.5, 0.6) is 0 Å². The minimum atomic E-state index is -4.57. The van der Waals surface area contributed by atoms with E-state index in [9.17, 15) is 22.4 Å². The fraction of sp³-hybridized carbons (Fsp3) is 0.417. The first-order valence-corrected chi connectivity index (χ1v) is 5.20. The van der Waals surface area contributed by atoms with Gasteiger partial charge in [0.2, 0.25) is 5.91 Å². The zero-order chi connectivity index (χ0) is 14.1. The second-order valence-corrected chi connectivity index (χ2v) is 4.90. The summed E-state index contributed by atoms with van der Waals surface area (Å²) in [5.41, 5.74) is -2.29. The molecule has 0 saturated carbocycles. The van der Waals surface area contributed by atoms with Crippen LogP contribution >= 0.6 is 0 Å². The molecular weight excluding hydrogens is 250 g/mol. The van der Waals surface area contributed by atoms with Gasteiger partial charge in [-0.05, 0) is 18.2 Å². The molecule has 2 nitrogen and oxygen atoms in total. The van der Waals surface area contributed by atoms with Crippen LogP contribution in [0.2, 0.25) is 0 Å². The monoisotopic (exact) mass is 263 g/mol. The fourth-order valence-corrected chi connectivity index (χ4v) is 1.11. The Kier molecular flexibility index (Phi) is 3.69. The van der Waals surface area contributed by atoms with Crippen molar-refractivity contribution in [2.75, 3.05) is 5.32 Å². The van der Waals surface area contributed by atoms with Gasteiger partial charge in [-0.3, -0.25) is 4.79 Å². The van der Waals surface area contributed by atoms with E-state index in [1.807, 2.05) is 0 Å². The van der Waals surface area contributed by atoms with Crippen LogP contribution in [0.3, 0.4) is 0 Å². The molecule has 18 heavy (non-hydrogen) atoms. The molecule has 0 aromatic heterocycles. The summed E-state index contributed by atoms with van der Waals surface area (Å²) in [6.07, 6.45) is -4.57. The molecule has 0 aliphatic heterocycles. The van der Waals surface area contributed by atoms with Crippen LogP contribution in [-0.4, -0.2) is 5.91 Å². The Hall–Kier alpha value is -1.59. The maximum absolute atomic E-state index is 13.3. The fourth-order valence-electron chi connectivity index (χ4n) is 1.11. The number of rotatable bonds is 1. The predicted molar refractivity (Wildman–Crippen MR) is 59.5 cm³/mol. The molecule has 0 unspecified atom stereocenters. The summed E-state index contributed by atoms with van der Waals surface area (Å²) >= 11 is 0. The maximum atomic E-state index is 13.3. The highest BCUT2D eigenvalue weighted by Gasteiger charge is 2.31. The number of anilines is 1. The van der Waals surface area contributed by atoms with Crippen molar-refractivity contribution in [3.8, 4) is 0 Å². The van der Waals surface area contributed by atoms with E-state index in [2.05, 4.69) is 5.32 Å². The van der Waals surface area contributed by atoms with Gasteiger partial charge in [-0.15, -0.1) is 0 Å². The van der Waals surface area contributed by atoms with E-state index >= 15 is 0 Å². The number of hydrogen-bond acceptors (Lipinski definition) is 1. The first-order chi connectivity index (χ1) is 8.01. The van der Waals surface area contributed by atoms with Gasteiger partial charge in [0.1, 0.15) is 5.82 Å². The number of nitrogens with one attached hydrogen (secondary N) is 1. The van der Waals surface area contributed by atoms with E-state index in [1.165, 1.54) is 0 Å². The van der Waals surface area contributed by atoms with Crippen molar-refractivity contribution < 1.29 is 22.4 Å². The van der Waals surface area contributed by atoms with Gasteiger partial charge in [-0.1, -0.05) is 20.8 Å². The van der Waals surface area contributed by atoms with Crippen molar-refractivity contribution in [3.05, 3.63) is 29.6 Å². The van der Waals surface area contributed by atoms with Gasteiger partial charge < -0.3 is 5.32 Å². The van der Waals surface area contributed by atoms with Crippen LogP contribution in [0.4, 0.5) is 23.2 Å². The average Bonchev–Trinajstić information content (AvgIpc) is 2.18. The number of hydrogen-bond donors (Lipinski definition) is 1. The van der Waals surface area contributed by atoms with E-state index in [0.717, 1.165) is 0 Å². The van der Waals surface area contributed by atoms with E-state index in [-0.39, 0.29) is 0 Å². The van der Waals surface area contributed by atoms with Crippen LogP contribution in [-0.2, 0) is 11.0 Å². The molecule has 0 radical (unpaired) electrons. The Labute approximate surface area is 102 Å². The van der Waals surface area contributed by atoms with E-state index < -0.39 is 34.6 Å². The normalized spacial score (nSPS) is 12.4. The van der Waals surface area contributed by atoms with E-state index in [0.29, 0.717) is 18.2 Å². The van der Waals surface area contributed by atoms with Crippen LogP contribution in [0.15, 0.2) is 18.2 Å².